The zero-order chi connectivity index (χ0) is 13.9. The van der Waals surface area contributed by atoms with E-state index in [4.69, 9.17) is 4.52 Å². The highest BCUT2D eigenvalue weighted by atomic mass is 31.2. The molecule has 0 amide bonds. The topological polar surface area (TPSA) is 63.6 Å². The molecule has 0 rings (SSSR count). The Morgan fingerprint density at radius 1 is 1.18 bits per heavy atom. The third-order valence-corrected chi connectivity index (χ3v) is 4.73. The highest BCUT2D eigenvalue weighted by Crippen LogP contribution is 2.54. The van der Waals surface area contributed by atoms with Gasteiger partial charge in [-0.15, -0.1) is 0 Å². The minimum atomic E-state index is -3.59. The predicted octanol–water partition coefficient (Wildman–Crippen LogP) is 3.38. The molecular formula is C12H25O4P. The van der Waals surface area contributed by atoms with Crippen molar-refractivity contribution >= 4 is 13.4 Å². The SMILES string of the molecule is CC(C)(C)C(=O)CCCOP(=O)(O)C(C)(C)C. The standard InChI is InChI=1S/C12H25O4P/c1-11(2,3)10(13)8-7-9-16-17(14,15)12(4,5)6/h7-9H2,1-6H3,(H,14,15). The summed E-state index contributed by atoms with van der Waals surface area (Å²) in [5.41, 5.74) is -0.354. The van der Waals surface area contributed by atoms with Crippen LogP contribution in [0.3, 0.4) is 0 Å². The van der Waals surface area contributed by atoms with E-state index in [2.05, 4.69) is 0 Å². The first-order chi connectivity index (χ1) is 7.38. The first-order valence-electron chi connectivity index (χ1n) is 5.89. The Kier molecular flexibility index (Phi) is 5.58. The number of carbonyl (C=O) groups is 1. The normalized spacial score (nSPS) is 16.6. The van der Waals surface area contributed by atoms with Crippen molar-refractivity contribution < 1.29 is 18.8 Å². The van der Waals surface area contributed by atoms with Crippen LogP contribution in [0.1, 0.15) is 54.4 Å². The molecule has 0 aromatic rings. The van der Waals surface area contributed by atoms with E-state index in [9.17, 15) is 14.3 Å². The van der Waals surface area contributed by atoms with Gasteiger partial charge in [0.1, 0.15) is 5.78 Å². The van der Waals surface area contributed by atoms with Crippen molar-refractivity contribution in [2.24, 2.45) is 5.41 Å². The first kappa shape index (κ1) is 16.8. The van der Waals surface area contributed by atoms with Crippen LogP contribution in [0.15, 0.2) is 0 Å². The van der Waals surface area contributed by atoms with Crippen molar-refractivity contribution in [2.45, 2.75) is 59.5 Å². The molecule has 0 aromatic heterocycles. The first-order valence-corrected chi connectivity index (χ1v) is 7.46. The van der Waals surface area contributed by atoms with Crippen molar-refractivity contribution in [3.63, 3.8) is 0 Å². The number of hydrogen-bond acceptors (Lipinski definition) is 3. The Labute approximate surface area is 104 Å². The zero-order valence-electron chi connectivity index (χ0n) is 11.7. The van der Waals surface area contributed by atoms with Gasteiger partial charge in [0.25, 0.3) is 0 Å². The summed E-state index contributed by atoms with van der Waals surface area (Å²) in [6, 6.07) is 0. The van der Waals surface area contributed by atoms with Gasteiger partial charge in [-0.05, 0) is 27.2 Å². The number of ketones is 1. The van der Waals surface area contributed by atoms with E-state index in [0.717, 1.165) is 0 Å². The zero-order valence-corrected chi connectivity index (χ0v) is 12.6. The Morgan fingerprint density at radius 3 is 2.00 bits per heavy atom. The summed E-state index contributed by atoms with van der Waals surface area (Å²) in [4.78, 5) is 21.2. The summed E-state index contributed by atoms with van der Waals surface area (Å²) in [7, 11) is -3.59. The van der Waals surface area contributed by atoms with Gasteiger partial charge >= 0.3 is 7.60 Å². The third-order valence-electron chi connectivity index (χ3n) is 2.50. The molecule has 0 radical (unpaired) electrons. The molecule has 102 valence electrons. The fraction of sp³-hybridized carbons (Fsp3) is 0.917. The lowest BCUT2D eigenvalue weighted by atomic mass is 9.88. The molecule has 0 aliphatic rings. The lowest BCUT2D eigenvalue weighted by Gasteiger charge is -2.25. The van der Waals surface area contributed by atoms with Crippen molar-refractivity contribution in [2.75, 3.05) is 6.61 Å². The lowest BCUT2D eigenvalue weighted by Crippen LogP contribution is -2.21. The maximum atomic E-state index is 11.7. The summed E-state index contributed by atoms with van der Waals surface area (Å²) >= 11 is 0. The summed E-state index contributed by atoms with van der Waals surface area (Å²) in [6.45, 7) is 10.7. The van der Waals surface area contributed by atoms with E-state index >= 15 is 0 Å². The van der Waals surface area contributed by atoms with Crippen LogP contribution in [-0.4, -0.2) is 22.4 Å². The van der Waals surface area contributed by atoms with Crippen LogP contribution < -0.4 is 0 Å². The maximum Gasteiger partial charge on any atom is 0.333 e. The molecule has 0 aliphatic heterocycles. The number of carbonyl (C=O) groups excluding carboxylic acids is 1. The van der Waals surface area contributed by atoms with Gasteiger partial charge in [0.2, 0.25) is 0 Å². The summed E-state index contributed by atoms with van der Waals surface area (Å²) < 4.78 is 16.7. The van der Waals surface area contributed by atoms with Crippen LogP contribution in [0, 0.1) is 5.41 Å². The molecule has 0 fully saturated rings. The second-order valence-electron chi connectivity index (χ2n) is 6.30. The molecule has 0 saturated carbocycles. The molecule has 0 spiro atoms. The fourth-order valence-corrected chi connectivity index (χ4v) is 1.75. The van der Waals surface area contributed by atoms with Gasteiger partial charge in [0, 0.05) is 11.8 Å². The molecular weight excluding hydrogens is 239 g/mol. The number of Topliss-reactive ketones (excluding diaryl/α,β-unsaturated/α-hetero) is 1. The van der Waals surface area contributed by atoms with Crippen molar-refractivity contribution in [3.05, 3.63) is 0 Å². The van der Waals surface area contributed by atoms with Crippen LogP contribution in [0.2, 0.25) is 0 Å². The third kappa shape index (κ3) is 5.80. The molecule has 1 unspecified atom stereocenters. The highest BCUT2D eigenvalue weighted by molar-refractivity contribution is 7.54. The van der Waals surface area contributed by atoms with Gasteiger partial charge in [0.15, 0.2) is 0 Å². The maximum absolute atomic E-state index is 11.7. The van der Waals surface area contributed by atoms with Gasteiger partial charge in [-0.2, -0.15) is 0 Å². The molecule has 1 atom stereocenters. The van der Waals surface area contributed by atoms with Gasteiger partial charge in [-0.1, -0.05) is 20.8 Å². The second-order valence-corrected chi connectivity index (χ2v) is 8.94. The Bertz CT molecular complexity index is 309. The molecule has 5 heteroatoms. The predicted molar refractivity (Wildman–Crippen MR) is 69.2 cm³/mol. The molecule has 1 N–H and O–H groups in total. The second kappa shape index (κ2) is 5.64. The molecule has 0 aliphatic carbocycles. The Balaban J connectivity index is 4.04. The Morgan fingerprint density at radius 2 is 1.65 bits per heavy atom. The number of rotatable bonds is 5. The molecule has 0 bridgehead atoms. The van der Waals surface area contributed by atoms with Gasteiger partial charge in [0.05, 0.1) is 11.8 Å². The van der Waals surface area contributed by atoms with Crippen LogP contribution in [0.4, 0.5) is 0 Å². The van der Waals surface area contributed by atoms with E-state index in [1.807, 2.05) is 20.8 Å². The van der Waals surface area contributed by atoms with E-state index in [1.54, 1.807) is 20.8 Å². The van der Waals surface area contributed by atoms with Gasteiger partial charge < -0.3 is 9.42 Å². The number of hydrogen-bond donors (Lipinski definition) is 1. The molecule has 0 saturated heterocycles. The van der Waals surface area contributed by atoms with E-state index < -0.39 is 12.8 Å². The van der Waals surface area contributed by atoms with Crippen LogP contribution in [0.5, 0.6) is 0 Å². The minimum absolute atomic E-state index is 0.143. The molecule has 17 heavy (non-hydrogen) atoms. The quantitative estimate of drug-likeness (QED) is 0.610. The van der Waals surface area contributed by atoms with Crippen molar-refractivity contribution in [3.8, 4) is 0 Å². The van der Waals surface area contributed by atoms with E-state index in [1.165, 1.54) is 0 Å². The van der Waals surface area contributed by atoms with Crippen LogP contribution in [-0.2, 0) is 13.9 Å². The van der Waals surface area contributed by atoms with Crippen LogP contribution in [0.25, 0.3) is 0 Å². The monoisotopic (exact) mass is 264 g/mol. The van der Waals surface area contributed by atoms with E-state index in [-0.39, 0.29) is 17.8 Å². The van der Waals surface area contributed by atoms with Crippen molar-refractivity contribution in [1.29, 1.82) is 0 Å². The summed E-state index contributed by atoms with van der Waals surface area (Å²) in [5, 5.41) is -0.777. The van der Waals surface area contributed by atoms with Crippen molar-refractivity contribution in [1.82, 2.24) is 0 Å². The average molecular weight is 264 g/mol. The van der Waals surface area contributed by atoms with Gasteiger partial charge in [-0.25, -0.2) is 0 Å². The van der Waals surface area contributed by atoms with E-state index in [0.29, 0.717) is 12.8 Å². The molecule has 0 aromatic carbocycles. The summed E-state index contributed by atoms with van der Waals surface area (Å²) in [6.07, 6.45) is 0.865. The summed E-state index contributed by atoms with van der Waals surface area (Å²) in [5.74, 6) is 0.143. The molecule has 4 nitrogen and oxygen atoms in total. The largest absolute Gasteiger partial charge is 0.333 e. The van der Waals surface area contributed by atoms with Crippen LogP contribution >= 0.6 is 7.60 Å². The average Bonchev–Trinajstić information content (AvgIpc) is 2.08. The lowest BCUT2D eigenvalue weighted by molar-refractivity contribution is -0.126. The Hall–Kier alpha value is -0.180. The molecule has 0 heterocycles. The minimum Gasteiger partial charge on any atom is -0.324 e. The van der Waals surface area contributed by atoms with Gasteiger partial charge in [-0.3, -0.25) is 9.36 Å². The fourth-order valence-electron chi connectivity index (χ4n) is 0.990. The highest BCUT2D eigenvalue weighted by Gasteiger charge is 2.36. The smallest absolute Gasteiger partial charge is 0.324 e.